The normalized spacial score (nSPS) is 14.7. The zero-order valence-electron chi connectivity index (χ0n) is 16.4. The van der Waals surface area contributed by atoms with Crippen molar-refractivity contribution in [1.82, 2.24) is 14.8 Å². The molecular formula is C22H24FN5O. The van der Waals surface area contributed by atoms with Gasteiger partial charge in [-0.05, 0) is 43.5 Å². The Labute approximate surface area is 169 Å². The highest BCUT2D eigenvalue weighted by molar-refractivity contribution is 5.95. The summed E-state index contributed by atoms with van der Waals surface area (Å²) in [6.45, 7) is 2.74. The van der Waals surface area contributed by atoms with Crippen LogP contribution in [0.5, 0.6) is 0 Å². The molecule has 0 spiro atoms. The van der Waals surface area contributed by atoms with Gasteiger partial charge < -0.3 is 15.6 Å². The van der Waals surface area contributed by atoms with E-state index < -0.39 is 11.9 Å². The van der Waals surface area contributed by atoms with Crippen LogP contribution in [0.1, 0.15) is 42.3 Å². The first kappa shape index (κ1) is 19.3. The van der Waals surface area contributed by atoms with E-state index in [0.717, 1.165) is 49.2 Å². The van der Waals surface area contributed by atoms with Crippen molar-refractivity contribution in [3.05, 3.63) is 65.2 Å². The number of nitrogens with one attached hydrogen (secondary N) is 1. The minimum Gasteiger partial charge on any atom is -0.324 e. The van der Waals surface area contributed by atoms with Crippen LogP contribution in [0.3, 0.4) is 0 Å². The SMILES string of the molecule is Cc1ccc(C(N)C(=O)Nc2ccc(F)c(-c3nnc4n3CCCCC4)c2)cc1. The van der Waals surface area contributed by atoms with E-state index in [1.54, 1.807) is 6.07 Å². The predicted molar refractivity (Wildman–Crippen MR) is 110 cm³/mol. The molecule has 2 aromatic carbocycles. The quantitative estimate of drug-likeness (QED) is 0.707. The summed E-state index contributed by atoms with van der Waals surface area (Å²) in [4.78, 5) is 12.6. The Hall–Kier alpha value is -3.06. The maximum Gasteiger partial charge on any atom is 0.245 e. The van der Waals surface area contributed by atoms with Crippen LogP contribution in [0, 0.1) is 12.7 Å². The number of nitrogens with two attached hydrogens (primary N) is 1. The van der Waals surface area contributed by atoms with Gasteiger partial charge in [-0.25, -0.2) is 4.39 Å². The summed E-state index contributed by atoms with van der Waals surface area (Å²) in [5.41, 5.74) is 8.71. The average Bonchev–Trinajstić information content (AvgIpc) is 2.97. The van der Waals surface area contributed by atoms with E-state index in [-0.39, 0.29) is 5.91 Å². The molecule has 3 aromatic rings. The molecule has 6 nitrogen and oxygen atoms in total. The fourth-order valence-corrected chi connectivity index (χ4v) is 3.60. The van der Waals surface area contributed by atoms with Gasteiger partial charge in [0.15, 0.2) is 5.82 Å². The summed E-state index contributed by atoms with van der Waals surface area (Å²) in [7, 11) is 0. The fourth-order valence-electron chi connectivity index (χ4n) is 3.60. The van der Waals surface area contributed by atoms with Crippen LogP contribution in [0.15, 0.2) is 42.5 Å². The minimum absolute atomic E-state index is 0.326. The number of rotatable bonds is 4. The van der Waals surface area contributed by atoms with Crippen molar-refractivity contribution < 1.29 is 9.18 Å². The lowest BCUT2D eigenvalue weighted by atomic mass is 10.1. The number of aromatic nitrogens is 3. The first-order valence-corrected chi connectivity index (χ1v) is 9.88. The third-order valence-electron chi connectivity index (χ3n) is 5.30. The molecule has 0 saturated carbocycles. The number of benzene rings is 2. The van der Waals surface area contributed by atoms with Crippen LogP contribution < -0.4 is 11.1 Å². The van der Waals surface area contributed by atoms with Crippen LogP contribution in [0.2, 0.25) is 0 Å². The van der Waals surface area contributed by atoms with Gasteiger partial charge in [0.05, 0.1) is 5.56 Å². The van der Waals surface area contributed by atoms with Gasteiger partial charge in [0.1, 0.15) is 17.7 Å². The molecule has 0 aliphatic carbocycles. The first-order chi connectivity index (χ1) is 14.0. The van der Waals surface area contributed by atoms with Crippen LogP contribution in [-0.2, 0) is 17.8 Å². The summed E-state index contributed by atoms with van der Waals surface area (Å²) in [5.74, 6) is 0.628. The number of carbonyl (C=O) groups excluding carboxylic acids is 1. The van der Waals surface area contributed by atoms with Gasteiger partial charge in [0, 0.05) is 18.7 Å². The van der Waals surface area contributed by atoms with Gasteiger partial charge in [0.25, 0.3) is 0 Å². The van der Waals surface area contributed by atoms with Gasteiger partial charge in [0.2, 0.25) is 5.91 Å². The van der Waals surface area contributed by atoms with Crippen LogP contribution in [0.25, 0.3) is 11.4 Å². The third-order valence-corrected chi connectivity index (χ3v) is 5.30. The molecule has 0 bridgehead atoms. The molecule has 1 amide bonds. The molecule has 4 rings (SSSR count). The summed E-state index contributed by atoms with van der Waals surface area (Å²) < 4.78 is 16.6. The number of hydrogen-bond donors (Lipinski definition) is 2. The lowest BCUT2D eigenvalue weighted by Crippen LogP contribution is -2.27. The van der Waals surface area contributed by atoms with Crippen molar-refractivity contribution in [2.75, 3.05) is 5.32 Å². The summed E-state index contributed by atoms with van der Waals surface area (Å²) in [6.07, 6.45) is 4.05. The monoisotopic (exact) mass is 393 g/mol. The highest BCUT2D eigenvalue weighted by Gasteiger charge is 2.20. The van der Waals surface area contributed by atoms with E-state index in [1.807, 2.05) is 35.8 Å². The van der Waals surface area contributed by atoms with Crippen molar-refractivity contribution in [1.29, 1.82) is 0 Å². The molecule has 0 saturated heterocycles. The van der Waals surface area contributed by atoms with E-state index in [0.29, 0.717) is 17.1 Å². The average molecular weight is 393 g/mol. The molecule has 2 heterocycles. The second-order valence-corrected chi connectivity index (χ2v) is 7.47. The number of anilines is 1. The van der Waals surface area contributed by atoms with Crippen molar-refractivity contribution in [2.24, 2.45) is 5.73 Å². The molecule has 1 aliphatic rings. The molecule has 0 fully saturated rings. The summed E-state index contributed by atoms with van der Waals surface area (Å²) in [5, 5.41) is 11.2. The number of aryl methyl sites for hydroxylation is 2. The van der Waals surface area contributed by atoms with E-state index in [9.17, 15) is 9.18 Å². The number of hydrogen-bond acceptors (Lipinski definition) is 4. The Morgan fingerprint density at radius 1 is 1.14 bits per heavy atom. The summed E-state index contributed by atoms with van der Waals surface area (Å²) in [6, 6.07) is 11.1. The Bertz CT molecular complexity index is 1030. The molecule has 1 aliphatic heterocycles. The van der Waals surface area contributed by atoms with Gasteiger partial charge in [-0.3, -0.25) is 4.79 Å². The van der Waals surface area contributed by atoms with Gasteiger partial charge in [-0.15, -0.1) is 10.2 Å². The van der Waals surface area contributed by atoms with E-state index in [1.165, 1.54) is 12.1 Å². The lowest BCUT2D eigenvalue weighted by molar-refractivity contribution is -0.117. The molecule has 29 heavy (non-hydrogen) atoms. The van der Waals surface area contributed by atoms with Crippen molar-refractivity contribution >= 4 is 11.6 Å². The molecule has 1 aromatic heterocycles. The second kappa shape index (κ2) is 8.13. The predicted octanol–water partition coefficient (Wildman–Crippen LogP) is 3.76. The molecule has 150 valence electrons. The third kappa shape index (κ3) is 4.05. The second-order valence-electron chi connectivity index (χ2n) is 7.47. The maximum atomic E-state index is 14.6. The Morgan fingerprint density at radius 3 is 2.72 bits per heavy atom. The van der Waals surface area contributed by atoms with Gasteiger partial charge in [-0.1, -0.05) is 36.2 Å². The van der Waals surface area contributed by atoms with Crippen LogP contribution in [-0.4, -0.2) is 20.7 Å². The topological polar surface area (TPSA) is 85.8 Å². The highest BCUT2D eigenvalue weighted by Crippen LogP contribution is 2.28. The zero-order valence-corrected chi connectivity index (χ0v) is 16.4. The molecule has 3 N–H and O–H groups in total. The standard InChI is InChI=1S/C22H24FN5O/c1-14-6-8-15(9-7-14)20(24)22(29)25-16-10-11-18(23)17(13-16)21-27-26-19-5-3-2-4-12-28(19)21/h6-11,13,20H,2-5,12,24H2,1H3,(H,25,29). The van der Waals surface area contributed by atoms with Crippen molar-refractivity contribution in [3.63, 3.8) is 0 Å². The largest absolute Gasteiger partial charge is 0.324 e. The highest BCUT2D eigenvalue weighted by atomic mass is 19.1. The number of halogens is 1. The van der Waals surface area contributed by atoms with Gasteiger partial charge in [-0.2, -0.15) is 0 Å². The van der Waals surface area contributed by atoms with E-state index in [2.05, 4.69) is 15.5 Å². The van der Waals surface area contributed by atoms with Crippen molar-refractivity contribution in [3.8, 4) is 11.4 Å². The van der Waals surface area contributed by atoms with E-state index >= 15 is 0 Å². The molecule has 7 heteroatoms. The number of fused-ring (bicyclic) bond motifs is 1. The minimum atomic E-state index is -0.812. The molecule has 1 unspecified atom stereocenters. The van der Waals surface area contributed by atoms with Gasteiger partial charge >= 0.3 is 0 Å². The van der Waals surface area contributed by atoms with E-state index in [4.69, 9.17) is 5.73 Å². The zero-order chi connectivity index (χ0) is 20.4. The van der Waals surface area contributed by atoms with Crippen LogP contribution >= 0.6 is 0 Å². The Morgan fingerprint density at radius 2 is 1.93 bits per heavy atom. The fraction of sp³-hybridized carbons (Fsp3) is 0.318. The number of amides is 1. The Balaban J connectivity index is 1.58. The molecule has 1 atom stereocenters. The lowest BCUT2D eigenvalue weighted by Gasteiger charge is -2.14. The molecular weight excluding hydrogens is 369 g/mol. The first-order valence-electron chi connectivity index (χ1n) is 9.88. The number of nitrogens with zero attached hydrogens (tertiary/aromatic N) is 3. The smallest absolute Gasteiger partial charge is 0.245 e. The summed E-state index contributed by atoms with van der Waals surface area (Å²) >= 11 is 0. The Kier molecular flexibility index (Phi) is 5.40. The van der Waals surface area contributed by atoms with Crippen LogP contribution in [0.4, 0.5) is 10.1 Å². The molecule has 0 radical (unpaired) electrons. The van der Waals surface area contributed by atoms with Crippen molar-refractivity contribution in [2.45, 2.75) is 45.2 Å². The number of carbonyl (C=O) groups is 1. The maximum absolute atomic E-state index is 14.6.